The van der Waals surface area contributed by atoms with E-state index in [0.29, 0.717) is 31.7 Å². The van der Waals surface area contributed by atoms with Crippen LogP contribution in [0, 0.1) is 0 Å². The third-order valence-corrected chi connectivity index (χ3v) is 6.08. The van der Waals surface area contributed by atoms with E-state index in [9.17, 15) is 9.59 Å². The first kappa shape index (κ1) is 19.1. The van der Waals surface area contributed by atoms with Gasteiger partial charge in [0, 0.05) is 36.7 Å². The molecule has 2 atom stereocenters. The van der Waals surface area contributed by atoms with Gasteiger partial charge in [-0.15, -0.1) is 0 Å². The lowest BCUT2D eigenvalue weighted by atomic mass is 10.0. The summed E-state index contributed by atoms with van der Waals surface area (Å²) in [5, 5.41) is 0. The largest absolute Gasteiger partial charge is 0.338 e. The fraction of sp³-hybridized carbons (Fsp3) is 0.333. The van der Waals surface area contributed by atoms with Gasteiger partial charge in [-0.25, -0.2) is 10.9 Å². The van der Waals surface area contributed by atoms with Crippen LogP contribution in [-0.2, 0) is 4.79 Å². The minimum atomic E-state index is -0.240. The Labute approximate surface area is 173 Å². The molecule has 2 N–H and O–H groups in total. The Morgan fingerprint density at radius 3 is 2.21 bits per heavy atom. The van der Waals surface area contributed by atoms with Crippen LogP contribution in [0.1, 0.15) is 28.4 Å². The number of amides is 2. The summed E-state index contributed by atoms with van der Waals surface area (Å²) in [5.74, 6) is 0.100. The number of carbonyl (C=O) groups is 2. The third kappa shape index (κ3) is 3.97. The average Bonchev–Trinajstić information content (AvgIpc) is 3.24. The van der Waals surface area contributed by atoms with Gasteiger partial charge in [0.2, 0.25) is 5.91 Å². The van der Waals surface area contributed by atoms with E-state index in [0.717, 1.165) is 10.9 Å². The van der Waals surface area contributed by atoms with E-state index in [1.165, 1.54) is 5.56 Å². The molecule has 2 aliphatic heterocycles. The first-order valence-corrected chi connectivity index (χ1v) is 10.3. The highest BCUT2D eigenvalue weighted by Crippen LogP contribution is 2.23. The molecule has 0 aromatic heterocycles. The molecule has 6 nitrogen and oxygen atoms in total. The molecule has 7 heteroatoms. The number of nitrogens with zero attached hydrogens (tertiary/aromatic N) is 2. The lowest BCUT2D eigenvalue weighted by Gasteiger charge is -2.36. The number of hydrazine groups is 1. The van der Waals surface area contributed by atoms with E-state index in [-0.39, 0.29) is 23.9 Å². The maximum atomic E-state index is 12.9. The van der Waals surface area contributed by atoms with Gasteiger partial charge in [-0.1, -0.05) is 42.5 Å². The molecule has 0 aliphatic carbocycles. The first-order valence-electron chi connectivity index (χ1n) is 9.52. The van der Waals surface area contributed by atoms with Crippen molar-refractivity contribution in [3.05, 3.63) is 70.2 Å². The monoisotopic (exact) mass is 442 g/mol. The molecule has 2 aromatic rings. The number of benzene rings is 2. The van der Waals surface area contributed by atoms with Gasteiger partial charge >= 0.3 is 0 Å². The topological polar surface area (TPSA) is 64.7 Å². The second kappa shape index (κ2) is 8.43. The Morgan fingerprint density at radius 2 is 1.50 bits per heavy atom. The molecule has 2 aromatic carbocycles. The highest BCUT2D eigenvalue weighted by molar-refractivity contribution is 9.10. The number of rotatable bonds is 3. The second-order valence-corrected chi connectivity index (χ2v) is 7.99. The standard InChI is InChI=1S/C21H23BrN4O2/c22-17-9-5-4-8-16(17)20(27)25-10-12-26(13-11-25)21(28)19-14-18(23-24-19)15-6-2-1-3-7-15/h1-9,18-19,23-24H,10-14H2. The minimum Gasteiger partial charge on any atom is -0.338 e. The van der Waals surface area contributed by atoms with Crippen molar-refractivity contribution >= 4 is 27.7 Å². The van der Waals surface area contributed by atoms with E-state index in [1.807, 2.05) is 52.3 Å². The summed E-state index contributed by atoms with van der Waals surface area (Å²) in [6, 6.07) is 17.5. The summed E-state index contributed by atoms with van der Waals surface area (Å²) < 4.78 is 0.798. The Bertz CT molecular complexity index is 852. The predicted octanol–water partition coefficient (Wildman–Crippen LogP) is 2.34. The summed E-state index contributed by atoms with van der Waals surface area (Å²) in [6.45, 7) is 2.22. The SMILES string of the molecule is O=C(c1ccccc1Br)N1CCN(C(=O)C2CC(c3ccccc3)NN2)CC1. The second-order valence-electron chi connectivity index (χ2n) is 7.14. The molecule has 2 fully saturated rings. The number of hydrogen-bond acceptors (Lipinski definition) is 4. The highest BCUT2D eigenvalue weighted by atomic mass is 79.9. The van der Waals surface area contributed by atoms with Crippen molar-refractivity contribution in [3.8, 4) is 0 Å². The van der Waals surface area contributed by atoms with Crippen molar-refractivity contribution in [1.29, 1.82) is 0 Å². The van der Waals surface area contributed by atoms with Gasteiger partial charge in [-0.2, -0.15) is 0 Å². The van der Waals surface area contributed by atoms with Gasteiger partial charge in [0.05, 0.1) is 5.56 Å². The fourth-order valence-corrected chi connectivity index (χ4v) is 4.23. The van der Waals surface area contributed by atoms with E-state index in [2.05, 4.69) is 38.9 Å². The van der Waals surface area contributed by atoms with Gasteiger partial charge in [0.15, 0.2) is 0 Å². The van der Waals surface area contributed by atoms with Crippen molar-refractivity contribution in [3.63, 3.8) is 0 Å². The van der Waals surface area contributed by atoms with Crippen LogP contribution in [0.25, 0.3) is 0 Å². The zero-order chi connectivity index (χ0) is 19.5. The quantitative estimate of drug-likeness (QED) is 0.765. The Kier molecular flexibility index (Phi) is 5.75. The lowest BCUT2D eigenvalue weighted by molar-refractivity contribution is -0.134. The molecule has 2 aliphatic rings. The van der Waals surface area contributed by atoms with Crippen molar-refractivity contribution < 1.29 is 9.59 Å². The number of halogens is 1. The average molecular weight is 443 g/mol. The first-order chi connectivity index (χ1) is 13.6. The van der Waals surface area contributed by atoms with Crippen LogP contribution < -0.4 is 10.9 Å². The molecule has 0 bridgehead atoms. The predicted molar refractivity (Wildman–Crippen MR) is 110 cm³/mol. The zero-order valence-electron chi connectivity index (χ0n) is 15.5. The Balaban J connectivity index is 1.32. The van der Waals surface area contributed by atoms with Gasteiger partial charge in [-0.05, 0) is 40.0 Å². The number of nitrogens with one attached hydrogen (secondary N) is 2. The van der Waals surface area contributed by atoms with E-state index < -0.39 is 0 Å². The molecule has 0 radical (unpaired) electrons. The van der Waals surface area contributed by atoms with E-state index in [4.69, 9.17) is 0 Å². The van der Waals surface area contributed by atoms with Crippen LogP contribution in [0.5, 0.6) is 0 Å². The summed E-state index contributed by atoms with van der Waals surface area (Å²) >= 11 is 3.44. The normalized spacial score (nSPS) is 22.3. The molecule has 146 valence electrons. The molecular weight excluding hydrogens is 420 g/mol. The Hall–Kier alpha value is -2.22. The molecule has 2 unspecified atom stereocenters. The van der Waals surface area contributed by atoms with E-state index in [1.54, 1.807) is 0 Å². The van der Waals surface area contributed by atoms with Crippen LogP contribution >= 0.6 is 15.9 Å². The zero-order valence-corrected chi connectivity index (χ0v) is 17.1. The van der Waals surface area contributed by atoms with Gasteiger partial charge in [0.1, 0.15) is 6.04 Å². The Morgan fingerprint density at radius 1 is 0.857 bits per heavy atom. The number of carbonyl (C=O) groups excluding carboxylic acids is 2. The maximum absolute atomic E-state index is 12.9. The fourth-order valence-electron chi connectivity index (χ4n) is 3.78. The van der Waals surface area contributed by atoms with Gasteiger partial charge in [0.25, 0.3) is 5.91 Å². The summed E-state index contributed by atoms with van der Waals surface area (Å²) in [7, 11) is 0. The number of hydrogen-bond donors (Lipinski definition) is 2. The van der Waals surface area contributed by atoms with Crippen LogP contribution in [0.2, 0.25) is 0 Å². The van der Waals surface area contributed by atoms with Crippen molar-refractivity contribution in [2.45, 2.75) is 18.5 Å². The summed E-state index contributed by atoms with van der Waals surface area (Å²) in [4.78, 5) is 29.3. The molecule has 0 spiro atoms. The molecule has 2 amide bonds. The molecule has 4 rings (SSSR count). The molecule has 2 saturated heterocycles. The lowest BCUT2D eigenvalue weighted by Crippen LogP contribution is -2.54. The molecule has 0 saturated carbocycles. The molecular formula is C21H23BrN4O2. The van der Waals surface area contributed by atoms with Crippen LogP contribution in [0.3, 0.4) is 0 Å². The molecule has 2 heterocycles. The molecule has 28 heavy (non-hydrogen) atoms. The maximum Gasteiger partial charge on any atom is 0.255 e. The minimum absolute atomic E-state index is 0.00405. The summed E-state index contributed by atoms with van der Waals surface area (Å²) in [5.41, 5.74) is 8.21. The highest BCUT2D eigenvalue weighted by Gasteiger charge is 2.34. The van der Waals surface area contributed by atoms with E-state index >= 15 is 0 Å². The summed E-state index contributed by atoms with van der Waals surface area (Å²) in [6.07, 6.45) is 0.721. The van der Waals surface area contributed by atoms with Gasteiger partial charge in [-0.3, -0.25) is 9.59 Å². The van der Waals surface area contributed by atoms with Crippen LogP contribution in [0.4, 0.5) is 0 Å². The third-order valence-electron chi connectivity index (χ3n) is 5.39. The van der Waals surface area contributed by atoms with Crippen LogP contribution in [0.15, 0.2) is 59.1 Å². The smallest absolute Gasteiger partial charge is 0.255 e. The van der Waals surface area contributed by atoms with Crippen molar-refractivity contribution in [2.75, 3.05) is 26.2 Å². The van der Waals surface area contributed by atoms with Crippen LogP contribution in [-0.4, -0.2) is 53.8 Å². The van der Waals surface area contributed by atoms with Gasteiger partial charge < -0.3 is 9.80 Å². The van der Waals surface area contributed by atoms with Crippen molar-refractivity contribution in [1.82, 2.24) is 20.7 Å². The number of piperazine rings is 1. The van der Waals surface area contributed by atoms with Crippen molar-refractivity contribution in [2.24, 2.45) is 0 Å².